The van der Waals surface area contributed by atoms with Crippen molar-refractivity contribution in [3.05, 3.63) is 24.3 Å². The van der Waals surface area contributed by atoms with Gasteiger partial charge in [-0.3, -0.25) is 0 Å². The Morgan fingerprint density at radius 1 is 1.50 bits per heavy atom. The molecule has 0 bridgehead atoms. The highest BCUT2D eigenvalue weighted by Crippen LogP contribution is 2.11. The maximum absolute atomic E-state index is 10.6. The predicted molar refractivity (Wildman–Crippen MR) is 52.9 cm³/mol. The first-order valence-electron chi connectivity index (χ1n) is 4.01. The number of nitrogens with two attached hydrogens (primary N) is 1. The lowest BCUT2D eigenvalue weighted by Crippen LogP contribution is -2.30. The van der Waals surface area contributed by atoms with E-state index in [0.717, 1.165) is 0 Å². The summed E-state index contributed by atoms with van der Waals surface area (Å²) in [5.41, 5.74) is 6.75. The Morgan fingerprint density at radius 3 is 2.50 bits per heavy atom. The van der Waals surface area contributed by atoms with Crippen molar-refractivity contribution in [1.82, 2.24) is 0 Å². The third-order valence-electron chi connectivity index (χ3n) is 1.67. The molecule has 1 aromatic rings. The topological polar surface area (TPSA) is 84.6 Å². The summed E-state index contributed by atoms with van der Waals surface area (Å²) >= 11 is 0. The Hall–Kier alpha value is -1.75. The molecule has 1 unspecified atom stereocenters. The van der Waals surface area contributed by atoms with E-state index in [9.17, 15) is 4.79 Å². The molecule has 5 nitrogen and oxygen atoms in total. The van der Waals surface area contributed by atoms with Gasteiger partial charge in [0.05, 0.1) is 0 Å². The number of hydrogen-bond donors (Lipinski definition) is 3. The van der Waals surface area contributed by atoms with E-state index >= 15 is 0 Å². The number of nitrogen functional groups attached to an aromatic ring is 1. The molecule has 0 aliphatic carbocycles. The number of nitrogens with one attached hydrogen (secondary N) is 1. The molecule has 0 aliphatic heterocycles. The van der Waals surface area contributed by atoms with Crippen LogP contribution in [0.5, 0.6) is 0 Å². The highest BCUT2D eigenvalue weighted by Gasteiger charge is 2.14. The van der Waals surface area contributed by atoms with Crippen LogP contribution in [0.1, 0.15) is 0 Å². The fourth-order valence-corrected chi connectivity index (χ4v) is 0.952. The Balaban J connectivity index is 2.67. The van der Waals surface area contributed by atoms with Gasteiger partial charge in [-0.15, -0.1) is 0 Å². The minimum Gasteiger partial charge on any atom is -0.478 e. The summed E-state index contributed by atoms with van der Waals surface area (Å²) in [6.45, 7) is 0. The molecule has 1 atom stereocenters. The van der Waals surface area contributed by atoms with E-state index in [4.69, 9.17) is 15.6 Å². The van der Waals surface area contributed by atoms with Gasteiger partial charge >= 0.3 is 5.97 Å². The van der Waals surface area contributed by atoms with Crippen molar-refractivity contribution in [2.75, 3.05) is 18.2 Å². The zero-order chi connectivity index (χ0) is 10.6. The second-order valence-electron chi connectivity index (χ2n) is 2.72. The number of anilines is 2. The van der Waals surface area contributed by atoms with E-state index in [1.165, 1.54) is 7.11 Å². The first-order chi connectivity index (χ1) is 6.63. The van der Waals surface area contributed by atoms with Crippen LogP contribution in [0, 0.1) is 0 Å². The zero-order valence-corrected chi connectivity index (χ0v) is 7.73. The molecular formula is C9H12N2O3. The average molecular weight is 196 g/mol. The maximum Gasteiger partial charge on any atom is 0.353 e. The van der Waals surface area contributed by atoms with Crippen LogP contribution in [0.25, 0.3) is 0 Å². The molecule has 4 N–H and O–H groups in total. The summed E-state index contributed by atoms with van der Waals surface area (Å²) in [5.74, 6) is -1.07. The van der Waals surface area contributed by atoms with Gasteiger partial charge in [-0.2, -0.15) is 0 Å². The van der Waals surface area contributed by atoms with Crippen LogP contribution >= 0.6 is 0 Å². The van der Waals surface area contributed by atoms with E-state index in [1.807, 2.05) is 0 Å². The molecule has 5 heteroatoms. The molecular weight excluding hydrogens is 184 g/mol. The van der Waals surface area contributed by atoms with Crippen molar-refractivity contribution in [2.24, 2.45) is 0 Å². The summed E-state index contributed by atoms with van der Waals surface area (Å²) in [6.07, 6.45) is -1.04. The number of rotatable bonds is 4. The fraction of sp³-hybridized carbons (Fsp3) is 0.222. The molecule has 14 heavy (non-hydrogen) atoms. The van der Waals surface area contributed by atoms with Crippen molar-refractivity contribution in [3.63, 3.8) is 0 Å². The molecule has 0 spiro atoms. The predicted octanol–water partition coefficient (Wildman–Crippen LogP) is 0.738. The van der Waals surface area contributed by atoms with Gasteiger partial charge in [0.1, 0.15) is 0 Å². The minimum atomic E-state index is -1.07. The van der Waals surface area contributed by atoms with Gasteiger partial charge in [-0.25, -0.2) is 4.79 Å². The number of benzene rings is 1. The van der Waals surface area contributed by atoms with Gasteiger partial charge in [0.25, 0.3) is 0 Å². The SMILES string of the molecule is COC(Nc1ccc(N)cc1)C(=O)O. The molecule has 1 aromatic carbocycles. The van der Waals surface area contributed by atoms with Crippen LogP contribution in [0.15, 0.2) is 24.3 Å². The quantitative estimate of drug-likeness (QED) is 0.488. The number of carbonyl (C=O) groups is 1. The number of aliphatic carboxylic acids is 1. The number of carboxylic acid groups (broad SMARTS) is 1. The van der Waals surface area contributed by atoms with Crippen LogP contribution in [-0.4, -0.2) is 24.4 Å². The van der Waals surface area contributed by atoms with Gasteiger partial charge < -0.3 is 20.9 Å². The van der Waals surface area contributed by atoms with Crippen molar-refractivity contribution in [3.8, 4) is 0 Å². The summed E-state index contributed by atoms with van der Waals surface area (Å²) < 4.78 is 4.70. The van der Waals surface area contributed by atoms with Crippen molar-refractivity contribution in [2.45, 2.75) is 6.23 Å². The van der Waals surface area contributed by atoms with Crippen LogP contribution in [0.4, 0.5) is 11.4 Å². The van der Waals surface area contributed by atoms with Crippen molar-refractivity contribution >= 4 is 17.3 Å². The lowest BCUT2D eigenvalue weighted by molar-refractivity contribution is -0.146. The van der Waals surface area contributed by atoms with Gasteiger partial charge in [-0.1, -0.05) is 0 Å². The van der Waals surface area contributed by atoms with E-state index in [1.54, 1.807) is 24.3 Å². The van der Waals surface area contributed by atoms with Crippen LogP contribution in [-0.2, 0) is 9.53 Å². The maximum atomic E-state index is 10.6. The van der Waals surface area contributed by atoms with Crippen LogP contribution in [0.2, 0.25) is 0 Å². The van der Waals surface area contributed by atoms with E-state index in [-0.39, 0.29) is 0 Å². The summed E-state index contributed by atoms with van der Waals surface area (Å²) in [4.78, 5) is 10.6. The Labute approximate surface area is 81.5 Å². The van der Waals surface area contributed by atoms with Gasteiger partial charge in [0.2, 0.25) is 6.23 Å². The Kier molecular flexibility index (Phi) is 3.30. The van der Waals surface area contributed by atoms with Crippen LogP contribution in [0.3, 0.4) is 0 Å². The highest BCUT2D eigenvalue weighted by molar-refractivity contribution is 5.75. The summed E-state index contributed by atoms with van der Waals surface area (Å²) in [5, 5.41) is 11.4. The van der Waals surface area contributed by atoms with Crippen molar-refractivity contribution in [1.29, 1.82) is 0 Å². The molecule has 0 fully saturated rings. The third kappa shape index (κ3) is 2.63. The lowest BCUT2D eigenvalue weighted by Gasteiger charge is -2.13. The number of ether oxygens (including phenoxy) is 1. The van der Waals surface area contributed by atoms with Gasteiger partial charge in [0.15, 0.2) is 0 Å². The molecule has 0 aromatic heterocycles. The number of hydrogen-bond acceptors (Lipinski definition) is 4. The van der Waals surface area contributed by atoms with Gasteiger partial charge in [0, 0.05) is 18.5 Å². The van der Waals surface area contributed by atoms with Crippen LogP contribution < -0.4 is 11.1 Å². The molecule has 0 amide bonds. The molecule has 76 valence electrons. The monoisotopic (exact) mass is 196 g/mol. The van der Waals surface area contributed by atoms with Crippen molar-refractivity contribution < 1.29 is 14.6 Å². The molecule has 0 saturated carbocycles. The lowest BCUT2D eigenvalue weighted by atomic mass is 10.3. The average Bonchev–Trinajstić information content (AvgIpc) is 2.16. The number of methoxy groups -OCH3 is 1. The Bertz CT molecular complexity index is 310. The van der Waals surface area contributed by atoms with E-state index in [2.05, 4.69) is 5.32 Å². The summed E-state index contributed by atoms with van der Waals surface area (Å²) in [6, 6.07) is 6.72. The molecule has 0 radical (unpaired) electrons. The molecule has 1 rings (SSSR count). The second kappa shape index (κ2) is 4.48. The normalized spacial score (nSPS) is 12.1. The minimum absolute atomic E-state index is 0.625. The summed E-state index contributed by atoms with van der Waals surface area (Å²) in [7, 11) is 1.32. The third-order valence-corrected chi connectivity index (χ3v) is 1.67. The fourth-order valence-electron chi connectivity index (χ4n) is 0.952. The molecule has 0 heterocycles. The highest BCUT2D eigenvalue weighted by atomic mass is 16.5. The first-order valence-corrected chi connectivity index (χ1v) is 4.01. The molecule has 0 saturated heterocycles. The second-order valence-corrected chi connectivity index (χ2v) is 2.72. The largest absolute Gasteiger partial charge is 0.478 e. The van der Waals surface area contributed by atoms with Gasteiger partial charge in [-0.05, 0) is 24.3 Å². The standard InChI is InChI=1S/C9H12N2O3/c1-14-8(9(12)13)11-7-4-2-6(10)3-5-7/h2-5,8,11H,10H2,1H3,(H,12,13). The van der Waals surface area contributed by atoms with E-state index in [0.29, 0.717) is 11.4 Å². The first kappa shape index (κ1) is 10.3. The Morgan fingerprint density at radius 2 is 2.07 bits per heavy atom. The smallest absolute Gasteiger partial charge is 0.353 e. The zero-order valence-electron chi connectivity index (χ0n) is 7.73. The molecule has 0 aliphatic rings. The number of carboxylic acids is 1. The van der Waals surface area contributed by atoms with E-state index < -0.39 is 12.2 Å².